The van der Waals surface area contributed by atoms with Gasteiger partial charge in [0.05, 0.1) is 19.4 Å². The van der Waals surface area contributed by atoms with Gasteiger partial charge in [-0.2, -0.15) is 5.10 Å². The normalized spacial score (nSPS) is 10.7. The lowest BCUT2D eigenvalue weighted by atomic mass is 10.1. The Morgan fingerprint density at radius 3 is 2.61 bits per heavy atom. The molecule has 0 aliphatic rings. The molecule has 3 rings (SSSR count). The van der Waals surface area contributed by atoms with E-state index in [-0.39, 0.29) is 0 Å². The maximum absolute atomic E-state index is 11.8. The van der Waals surface area contributed by atoms with Gasteiger partial charge in [-0.1, -0.05) is 12.1 Å². The molecule has 118 valence electrons. The van der Waals surface area contributed by atoms with Crippen molar-refractivity contribution in [1.82, 2.24) is 9.78 Å². The Kier molecular flexibility index (Phi) is 4.02. The predicted molar refractivity (Wildman–Crippen MR) is 88.3 cm³/mol. The van der Waals surface area contributed by atoms with E-state index in [1.165, 1.54) is 0 Å². The Labute approximate surface area is 134 Å². The fraction of sp³-hybridized carbons (Fsp3) is 0.222. The van der Waals surface area contributed by atoms with Crippen LogP contribution in [0.15, 0.2) is 42.5 Å². The number of carbonyl (C=O) groups excluding carboxylic acids is 1. The van der Waals surface area contributed by atoms with Crippen LogP contribution in [0, 0.1) is 6.92 Å². The highest BCUT2D eigenvalue weighted by molar-refractivity contribution is 5.88. The summed E-state index contributed by atoms with van der Waals surface area (Å²) in [6.07, 6.45) is 0. The summed E-state index contributed by atoms with van der Waals surface area (Å²) in [5, 5.41) is 6.52. The topological polar surface area (TPSA) is 53.4 Å². The number of nitrogens with zero attached hydrogens (tertiary/aromatic N) is 2. The lowest BCUT2D eigenvalue weighted by Crippen LogP contribution is -2.06. The average molecular weight is 310 g/mol. The van der Waals surface area contributed by atoms with Gasteiger partial charge in [0.25, 0.3) is 0 Å². The van der Waals surface area contributed by atoms with Crippen LogP contribution in [-0.2, 0) is 4.74 Å². The number of fused-ring (bicyclic) bond motifs is 1. The van der Waals surface area contributed by atoms with Crippen LogP contribution < -0.4 is 4.74 Å². The summed E-state index contributed by atoms with van der Waals surface area (Å²) in [5.74, 6) is 0.421. The first-order chi connectivity index (χ1) is 11.1. The molecule has 0 bridgehead atoms. The molecule has 3 aromatic rings. The van der Waals surface area contributed by atoms with Gasteiger partial charge in [0, 0.05) is 5.69 Å². The second-order valence-electron chi connectivity index (χ2n) is 5.20. The number of methoxy groups -OCH3 is 1. The largest absolute Gasteiger partial charge is 0.497 e. The van der Waals surface area contributed by atoms with E-state index in [4.69, 9.17) is 9.47 Å². The minimum atomic E-state index is -0.403. The zero-order chi connectivity index (χ0) is 16.4. The number of hydrogen-bond acceptors (Lipinski definition) is 4. The summed E-state index contributed by atoms with van der Waals surface area (Å²) in [6.45, 7) is 4.02. The van der Waals surface area contributed by atoms with Crippen molar-refractivity contribution >= 4 is 16.7 Å². The van der Waals surface area contributed by atoms with E-state index in [1.54, 1.807) is 24.8 Å². The number of aromatic nitrogens is 2. The molecule has 0 atom stereocenters. The molecule has 0 aliphatic carbocycles. The van der Waals surface area contributed by atoms with Gasteiger partial charge in [-0.25, -0.2) is 9.48 Å². The van der Waals surface area contributed by atoms with Gasteiger partial charge in [0.15, 0.2) is 5.69 Å². The smallest absolute Gasteiger partial charge is 0.358 e. The van der Waals surface area contributed by atoms with Crippen LogP contribution in [0.5, 0.6) is 5.75 Å². The van der Waals surface area contributed by atoms with Crippen molar-refractivity contribution in [2.45, 2.75) is 13.8 Å². The molecular weight excluding hydrogens is 292 g/mol. The number of benzene rings is 2. The molecular formula is C18H18N2O3. The molecule has 0 saturated carbocycles. The van der Waals surface area contributed by atoms with E-state index in [9.17, 15) is 4.79 Å². The maximum Gasteiger partial charge on any atom is 0.358 e. The highest BCUT2D eigenvalue weighted by atomic mass is 16.5. The van der Waals surface area contributed by atoms with Crippen molar-refractivity contribution in [1.29, 1.82) is 0 Å². The highest BCUT2D eigenvalue weighted by Crippen LogP contribution is 2.24. The summed E-state index contributed by atoms with van der Waals surface area (Å²) < 4.78 is 12.0. The van der Waals surface area contributed by atoms with Crippen molar-refractivity contribution < 1.29 is 14.3 Å². The predicted octanol–water partition coefficient (Wildman–Crippen LogP) is 3.52. The van der Waals surface area contributed by atoms with E-state index in [0.717, 1.165) is 27.9 Å². The van der Waals surface area contributed by atoms with Gasteiger partial charge in [0.1, 0.15) is 5.75 Å². The number of ether oxygens (including phenoxy) is 2. The molecule has 0 fully saturated rings. The first-order valence-electron chi connectivity index (χ1n) is 7.44. The SMILES string of the molecule is CCOC(=O)c1cc(C)n(-c2ccc3cc(OC)ccc3c2)n1. The maximum atomic E-state index is 11.8. The molecule has 0 radical (unpaired) electrons. The zero-order valence-electron chi connectivity index (χ0n) is 13.4. The summed E-state index contributed by atoms with van der Waals surface area (Å²) in [4.78, 5) is 11.8. The van der Waals surface area contributed by atoms with Crippen LogP contribution >= 0.6 is 0 Å². The fourth-order valence-electron chi connectivity index (χ4n) is 2.51. The number of hydrogen-bond donors (Lipinski definition) is 0. The van der Waals surface area contributed by atoms with Gasteiger partial charge in [-0.15, -0.1) is 0 Å². The van der Waals surface area contributed by atoms with Crippen LogP contribution in [0.25, 0.3) is 16.5 Å². The Bertz CT molecular complexity index is 868. The molecule has 5 nitrogen and oxygen atoms in total. The Hall–Kier alpha value is -2.82. The van der Waals surface area contributed by atoms with E-state index in [0.29, 0.717) is 12.3 Å². The zero-order valence-corrected chi connectivity index (χ0v) is 13.4. The Morgan fingerprint density at radius 1 is 1.13 bits per heavy atom. The van der Waals surface area contributed by atoms with E-state index >= 15 is 0 Å². The van der Waals surface area contributed by atoms with Gasteiger partial charge in [-0.05, 0) is 55.0 Å². The van der Waals surface area contributed by atoms with Crippen LogP contribution in [0.2, 0.25) is 0 Å². The molecule has 5 heteroatoms. The van der Waals surface area contributed by atoms with Crippen molar-refractivity contribution in [3.63, 3.8) is 0 Å². The van der Waals surface area contributed by atoms with E-state index in [2.05, 4.69) is 5.10 Å². The summed E-state index contributed by atoms with van der Waals surface area (Å²) in [7, 11) is 1.65. The number of aryl methyl sites for hydroxylation is 1. The lowest BCUT2D eigenvalue weighted by Gasteiger charge is -2.07. The fourth-order valence-corrected chi connectivity index (χ4v) is 2.51. The van der Waals surface area contributed by atoms with Crippen molar-refractivity contribution in [2.24, 2.45) is 0 Å². The van der Waals surface area contributed by atoms with Gasteiger partial charge in [0.2, 0.25) is 0 Å². The Morgan fingerprint density at radius 2 is 1.87 bits per heavy atom. The number of carbonyl (C=O) groups is 1. The van der Waals surface area contributed by atoms with Crippen LogP contribution in [0.3, 0.4) is 0 Å². The summed E-state index contributed by atoms with van der Waals surface area (Å²) in [6, 6.07) is 13.7. The van der Waals surface area contributed by atoms with Crippen LogP contribution in [0.1, 0.15) is 23.1 Å². The molecule has 0 unspecified atom stereocenters. The minimum absolute atomic E-state index is 0.319. The van der Waals surface area contributed by atoms with Crippen molar-refractivity contribution in [2.75, 3.05) is 13.7 Å². The van der Waals surface area contributed by atoms with Crippen molar-refractivity contribution in [3.05, 3.63) is 53.9 Å². The van der Waals surface area contributed by atoms with Crippen LogP contribution in [0.4, 0.5) is 0 Å². The molecule has 1 heterocycles. The van der Waals surface area contributed by atoms with Crippen molar-refractivity contribution in [3.8, 4) is 11.4 Å². The molecule has 0 amide bonds. The summed E-state index contributed by atoms with van der Waals surface area (Å²) in [5.41, 5.74) is 2.09. The highest BCUT2D eigenvalue weighted by Gasteiger charge is 2.14. The molecule has 0 aliphatic heterocycles. The number of esters is 1. The second-order valence-corrected chi connectivity index (χ2v) is 5.20. The quantitative estimate of drug-likeness (QED) is 0.692. The third-order valence-electron chi connectivity index (χ3n) is 3.65. The Balaban J connectivity index is 2.01. The molecule has 0 spiro atoms. The van der Waals surface area contributed by atoms with Gasteiger partial charge >= 0.3 is 5.97 Å². The monoisotopic (exact) mass is 310 g/mol. The average Bonchev–Trinajstić information content (AvgIpc) is 2.96. The summed E-state index contributed by atoms with van der Waals surface area (Å²) >= 11 is 0. The van der Waals surface area contributed by atoms with Gasteiger partial charge in [-0.3, -0.25) is 0 Å². The minimum Gasteiger partial charge on any atom is -0.497 e. The van der Waals surface area contributed by atoms with Gasteiger partial charge < -0.3 is 9.47 Å². The molecule has 23 heavy (non-hydrogen) atoms. The molecule has 0 saturated heterocycles. The first kappa shape index (κ1) is 15.1. The lowest BCUT2D eigenvalue weighted by molar-refractivity contribution is 0.0519. The first-order valence-corrected chi connectivity index (χ1v) is 7.44. The number of rotatable bonds is 4. The van der Waals surface area contributed by atoms with E-state index < -0.39 is 5.97 Å². The third-order valence-corrected chi connectivity index (χ3v) is 3.65. The molecule has 1 aromatic heterocycles. The van der Waals surface area contributed by atoms with Crippen LogP contribution in [-0.4, -0.2) is 29.5 Å². The molecule has 2 aromatic carbocycles. The molecule has 0 N–H and O–H groups in total. The second kappa shape index (κ2) is 6.12. The third kappa shape index (κ3) is 2.90. The standard InChI is InChI=1S/C18H18N2O3/c1-4-23-18(21)17-9-12(2)20(19-17)15-7-5-14-11-16(22-3)8-6-13(14)10-15/h5-11H,4H2,1-3H3. The van der Waals surface area contributed by atoms with E-state index in [1.807, 2.05) is 43.3 Å².